The average Bonchev–Trinajstić information content (AvgIpc) is 3.18. The fourth-order valence-corrected chi connectivity index (χ4v) is 4.06. The maximum absolute atomic E-state index is 12.3. The Bertz CT molecular complexity index is 323. The third-order valence-corrected chi connectivity index (χ3v) is 5.38. The lowest BCUT2D eigenvalue weighted by atomic mass is 10.1. The van der Waals surface area contributed by atoms with Crippen LogP contribution in [-0.4, -0.2) is 60.5 Å². The van der Waals surface area contributed by atoms with Gasteiger partial charge in [0.05, 0.1) is 0 Å². The second-order valence-corrected chi connectivity index (χ2v) is 6.69. The Labute approximate surface area is 147 Å². The van der Waals surface area contributed by atoms with Crippen LogP contribution in [0.2, 0.25) is 0 Å². The standard InChI is InChI=1S/C16H29N3O.2ClH/c20-16(8-7-14-4-3-9-17-14)19-12-10-18(11-13-19)15-5-1-2-6-15;;/h14-15,17H,1-13H2;2*1H. The number of halogens is 2. The Morgan fingerprint density at radius 2 is 1.64 bits per heavy atom. The van der Waals surface area contributed by atoms with E-state index >= 15 is 0 Å². The molecule has 2 saturated heterocycles. The monoisotopic (exact) mass is 351 g/mol. The second kappa shape index (κ2) is 9.96. The molecule has 1 saturated carbocycles. The van der Waals surface area contributed by atoms with Gasteiger partial charge in [-0.15, -0.1) is 24.8 Å². The van der Waals surface area contributed by atoms with Crippen LogP contribution in [0, 0.1) is 0 Å². The first-order valence-corrected chi connectivity index (χ1v) is 8.58. The summed E-state index contributed by atoms with van der Waals surface area (Å²) < 4.78 is 0. The van der Waals surface area contributed by atoms with Crippen molar-refractivity contribution in [3.05, 3.63) is 0 Å². The van der Waals surface area contributed by atoms with Gasteiger partial charge in [-0.3, -0.25) is 9.69 Å². The molecule has 6 heteroatoms. The van der Waals surface area contributed by atoms with E-state index in [2.05, 4.69) is 15.1 Å². The zero-order valence-electron chi connectivity index (χ0n) is 13.5. The van der Waals surface area contributed by atoms with E-state index < -0.39 is 0 Å². The Balaban J connectivity index is 0.00000121. The third kappa shape index (κ3) is 5.26. The lowest BCUT2D eigenvalue weighted by Gasteiger charge is -2.38. The molecule has 0 aromatic carbocycles. The molecule has 0 bridgehead atoms. The van der Waals surface area contributed by atoms with Gasteiger partial charge in [0.2, 0.25) is 5.91 Å². The van der Waals surface area contributed by atoms with Crippen LogP contribution in [0.4, 0.5) is 0 Å². The SMILES string of the molecule is Cl.Cl.O=C(CCC1CCCN1)N1CCN(C2CCCC2)CC1. The van der Waals surface area contributed by atoms with Crippen molar-refractivity contribution < 1.29 is 4.79 Å². The smallest absolute Gasteiger partial charge is 0.222 e. The molecular formula is C16H31Cl2N3O. The van der Waals surface area contributed by atoms with Gasteiger partial charge in [-0.25, -0.2) is 0 Å². The summed E-state index contributed by atoms with van der Waals surface area (Å²) in [7, 11) is 0. The van der Waals surface area contributed by atoms with Crippen molar-refractivity contribution in [2.24, 2.45) is 0 Å². The van der Waals surface area contributed by atoms with Crippen molar-refractivity contribution in [2.45, 2.75) is 63.5 Å². The summed E-state index contributed by atoms with van der Waals surface area (Å²) in [5, 5.41) is 3.48. The molecule has 1 aliphatic carbocycles. The van der Waals surface area contributed by atoms with E-state index in [1.54, 1.807) is 0 Å². The molecule has 1 amide bonds. The molecule has 2 heterocycles. The minimum atomic E-state index is 0. The van der Waals surface area contributed by atoms with Crippen molar-refractivity contribution in [3.8, 4) is 0 Å². The van der Waals surface area contributed by atoms with Crippen LogP contribution < -0.4 is 5.32 Å². The van der Waals surface area contributed by atoms with Crippen LogP contribution in [0.15, 0.2) is 0 Å². The average molecular weight is 352 g/mol. The molecule has 0 aromatic rings. The summed E-state index contributed by atoms with van der Waals surface area (Å²) in [6, 6.07) is 1.41. The van der Waals surface area contributed by atoms with E-state index in [0.717, 1.165) is 51.6 Å². The highest BCUT2D eigenvalue weighted by atomic mass is 35.5. The van der Waals surface area contributed by atoms with E-state index in [4.69, 9.17) is 0 Å². The van der Waals surface area contributed by atoms with Gasteiger partial charge in [-0.05, 0) is 38.6 Å². The first kappa shape index (κ1) is 20.0. The van der Waals surface area contributed by atoms with Gasteiger partial charge in [-0.2, -0.15) is 0 Å². The van der Waals surface area contributed by atoms with Crippen molar-refractivity contribution >= 4 is 30.7 Å². The molecule has 1 unspecified atom stereocenters. The normalized spacial score (nSPS) is 26.5. The van der Waals surface area contributed by atoms with Gasteiger partial charge in [0, 0.05) is 44.7 Å². The summed E-state index contributed by atoms with van der Waals surface area (Å²) in [6.07, 6.45) is 9.85. The number of hydrogen-bond acceptors (Lipinski definition) is 3. The van der Waals surface area contributed by atoms with Crippen LogP contribution in [0.25, 0.3) is 0 Å². The largest absolute Gasteiger partial charge is 0.340 e. The maximum Gasteiger partial charge on any atom is 0.222 e. The second-order valence-electron chi connectivity index (χ2n) is 6.69. The Morgan fingerprint density at radius 3 is 2.23 bits per heavy atom. The molecule has 3 aliphatic rings. The predicted molar refractivity (Wildman–Crippen MR) is 95.2 cm³/mol. The highest BCUT2D eigenvalue weighted by Crippen LogP contribution is 2.24. The molecule has 4 nitrogen and oxygen atoms in total. The number of hydrogen-bond donors (Lipinski definition) is 1. The van der Waals surface area contributed by atoms with Crippen molar-refractivity contribution in [1.82, 2.24) is 15.1 Å². The first-order chi connectivity index (χ1) is 9.83. The topological polar surface area (TPSA) is 35.6 Å². The van der Waals surface area contributed by atoms with E-state index in [-0.39, 0.29) is 24.8 Å². The van der Waals surface area contributed by atoms with Crippen LogP contribution in [0.3, 0.4) is 0 Å². The van der Waals surface area contributed by atoms with E-state index in [9.17, 15) is 4.79 Å². The first-order valence-electron chi connectivity index (χ1n) is 8.58. The van der Waals surface area contributed by atoms with E-state index in [0.29, 0.717) is 11.9 Å². The van der Waals surface area contributed by atoms with Gasteiger partial charge in [0.15, 0.2) is 0 Å². The Hall–Kier alpha value is -0.0300. The molecule has 0 spiro atoms. The molecule has 130 valence electrons. The lowest BCUT2D eigenvalue weighted by Crippen LogP contribution is -2.51. The minimum Gasteiger partial charge on any atom is -0.340 e. The number of amides is 1. The number of rotatable bonds is 4. The van der Waals surface area contributed by atoms with E-state index in [1.165, 1.54) is 38.5 Å². The highest BCUT2D eigenvalue weighted by Gasteiger charge is 2.28. The van der Waals surface area contributed by atoms with Gasteiger partial charge >= 0.3 is 0 Å². The van der Waals surface area contributed by atoms with Crippen molar-refractivity contribution in [2.75, 3.05) is 32.7 Å². The quantitative estimate of drug-likeness (QED) is 0.844. The highest BCUT2D eigenvalue weighted by molar-refractivity contribution is 5.85. The maximum atomic E-state index is 12.3. The third-order valence-electron chi connectivity index (χ3n) is 5.38. The summed E-state index contributed by atoms with van der Waals surface area (Å²) >= 11 is 0. The number of nitrogens with one attached hydrogen (secondary N) is 1. The van der Waals surface area contributed by atoms with Crippen LogP contribution in [-0.2, 0) is 4.79 Å². The molecule has 0 radical (unpaired) electrons. The van der Waals surface area contributed by atoms with Crippen molar-refractivity contribution in [1.29, 1.82) is 0 Å². The predicted octanol–water partition coefficient (Wildman–Crippen LogP) is 2.45. The van der Waals surface area contributed by atoms with Crippen LogP contribution in [0.1, 0.15) is 51.4 Å². The molecule has 0 aromatic heterocycles. The zero-order chi connectivity index (χ0) is 13.8. The molecule has 1 N–H and O–H groups in total. The molecule has 3 rings (SSSR count). The number of carbonyl (C=O) groups excluding carboxylic acids is 1. The minimum absolute atomic E-state index is 0. The summed E-state index contributed by atoms with van der Waals surface area (Å²) in [5.74, 6) is 0.379. The zero-order valence-corrected chi connectivity index (χ0v) is 15.1. The molecule has 1 atom stereocenters. The number of carbonyl (C=O) groups is 1. The lowest BCUT2D eigenvalue weighted by molar-refractivity contribution is -0.133. The number of piperazine rings is 1. The molecule has 3 fully saturated rings. The summed E-state index contributed by atoms with van der Waals surface area (Å²) in [5.41, 5.74) is 0. The Kier molecular flexibility index (Phi) is 9.07. The van der Waals surface area contributed by atoms with Crippen LogP contribution in [0.5, 0.6) is 0 Å². The van der Waals surface area contributed by atoms with E-state index in [1.807, 2.05) is 0 Å². The summed E-state index contributed by atoms with van der Waals surface area (Å²) in [4.78, 5) is 17.0. The van der Waals surface area contributed by atoms with Gasteiger partial charge in [-0.1, -0.05) is 12.8 Å². The fourth-order valence-electron chi connectivity index (χ4n) is 4.06. The van der Waals surface area contributed by atoms with Crippen molar-refractivity contribution in [3.63, 3.8) is 0 Å². The molecular weight excluding hydrogens is 321 g/mol. The van der Waals surface area contributed by atoms with Crippen LogP contribution >= 0.6 is 24.8 Å². The number of nitrogens with zero attached hydrogens (tertiary/aromatic N) is 2. The summed E-state index contributed by atoms with van der Waals surface area (Å²) in [6.45, 7) is 5.23. The van der Waals surface area contributed by atoms with Gasteiger partial charge in [0.1, 0.15) is 0 Å². The fraction of sp³-hybridized carbons (Fsp3) is 0.938. The molecule has 2 aliphatic heterocycles. The molecule has 22 heavy (non-hydrogen) atoms. The van der Waals surface area contributed by atoms with Gasteiger partial charge in [0.25, 0.3) is 0 Å². The Morgan fingerprint density at radius 1 is 0.955 bits per heavy atom. The van der Waals surface area contributed by atoms with Gasteiger partial charge < -0.3 is 10.2 Å².